The van der Waals surface area contributed by atoms with Crippen molar-refractivity contribution in [3.05, 3.63) is 75.6 Å². The Hall–Kier alpha value is -3.85. The molecule has 2 N–H and O–H groups in total. The van der Waals surface area contributed by atoms with Crippen molar-refractivity contribution in [2.75, 3.05) is 12.3 Å². The highest BCUT2D eigenvalue weighted by Gasteiger charge is 2.30. The van der Waals surface area contributed by atoms with Gasteiger partial charge in [-0.15, -0.1) is 0 Å². The van der Waals surface area contributed by atoms with Crippen LogP contribution < -0.4 is 10.6 Å². The number of benzene rings is 2. The molecule has 0 radical (unpaired) electrons. The van der Waals surface area contributed by atoms with Crippen molar-refractivity contribution in [3.63, 3.8) is 0 Å². The highest BCUT2D eigenvalue weighted by atomic mass is 32.2. The van der Waals surface area contributed by atoms with E-state index in [2.05, 4.69) is 10.6 Å². The molecule has 2 amide bonds. The molecule has 0 saturated carbocycles. The fraction of sp³-hybridized carbons (Fsp3) is 0.211. The molecule has 2 aromatic rings. The van der Waals surface area contributed by atoms with E-state index in [1.165, 1.54) is 12.1 Å². The molecule has 2 rings (SSSR count). The quantitative estimate of drug-likeness (QED) is 0.330. The molecule has 31 heavy (non-hydrogen) atoms. The second kappa shape index (κ2) is 10.3. The number of nitriles is 1. The third-order valence-corrected chi connectivity index (χ3v) is 5.64. The average molecular weight is 448 g/mol. The lowest BCUT2D eigenvalue weighted by atomic mass is 10.2. The molecular formula is C19H17FN4O6S. The summed E-state index contributed by atoms with van der Waals surface area (Å²) < 4.78 is 39.4. The zero-order valence-corrected chi connectivity index (χ0v) is 16.8. The van der Waals surface area contributed by atoms with Crippen LogP contribution in [0.1, 0.15) is 15.9 Å². The number of carbonyl (C=O) groups is 2. The van der Waals surface area contributed by atoms with Gasteiger partial charge in [0, 0.05) is 11.6 Å². The Labute approximate surface area is 176 Å². The predicted octanol–water partition coefficient (Wildman–Crippen LogP) is 1.09. The topological polar surface area (TPSA) is 159 Å². The minimum atomic E-state index is -4.31. The molecule has 12 heteroatoms. The number of amides is 2. The van der Waals surface area contributed by atoms with Crippen molar-refractivity contribution in [2.45, 2.75) is 11.8 Å². The van der Waals surface area contributed by atoms with Gasteiger partial charge in [0.15, 0.2) is 9.84 Å². The van der Waals surface area contributed by atoms with Gasteiger partial charge in [-0.25, -0.2) is 12.8 Å². The monoisotopic (exact) mass is 448 g/mol. The van der Waals surface area contributed by atoms with Gasteiger partial charge in [0.2, 0.25) is 5.91 Å². The Balaban J connectivity index is 2.29. The van der Waals surface area contributed by atoms with Crippen LogP contribution in [0.4, 0.5) is 10.1 Å². The molecule has 0 saturated heterocycles. The van der Waals surface area contributed by atoms with Gasteiger partial charge in [-0.2, -0.15) is 5.26 Å². The normalized spacial score (nSPS) is 11.7. The van der Waals surface area contributed by atoms with E-state index in [0.717, 1.165) is 18.2 Å². The fourth-order valence-corrected chi connectivity index (χ4v) is 4.24. The molecule has 0 bridgehead atoms. The zero-order valence-electron chi connectivity index (χ0n) is 15.9. The number of nitrogens with zero attached hydrogens (tertiary/aromatic N) is 2. The number of hydrogen-bond acceptors (Lipinski definition) is 7. The highest BCUT2D eigenvalue weighted by molar-refractivity contribution is 7.90. The van der Waals surface area contributed by atoms with Gasteiger partial charge in [0.1, 0.15) is 18.4 Å². The highest BCUT2D eigenvalue weighted by Crippen LogP contribution is 2.24. The van der Waals surface area contributed by atoms with Gasteiger partial charge in [0.25, 0.3) is 11.6 Å². The van der Waals surface area contributed by atoms with E-state index < -0.39 is 67.7 Å². The van der Waals surface area contributed by atoms with Crippen LogP contribution in [0.2, 0.25) is 0 Å². The minimum absolute atomic E-state index is 0.155. The van der Waals surface area contributed by atoms with Crippen molar-refractivity contribution in [1.82, 2.24) is 10.6 Å². The lowest BCUT2D eigenvalue weighted by molar-refractivity contribution is -0.385. The first kappa shape index (κ1) is 23.4. The second-order valence-corrected chi connectivity index (χ2v) is 8.43. The Kier molecular flexibility index (Phi) is 7.75. The van der Waals surface area contributed by atoms with Crippen molar-refractivity contribution in [3.8, 4) is 6.07 Å². The molecule has 0 aromatic heterocycles. The lowest BCUT2D eigenvalue weighted by Gasteiger charge is -2.18. The molecular weight excluding hydrogens is 431 g/mol. The summed E-state index contributed by atoms with van der Waals surface area (Å²) in [4.78, 5) is 34.9. The predicted molar refractivity (Wildman–Crippen MR) is 107 cm³/mol. The second-order valence-electron chi connectivity index (χ2n) is 6.32. The van der Waals surface area contributed by atoms with Gasteiger partial charge >= 0.3 is 0 Å². The van der Waals surface area contributed by atoms with Gasteiger partial charge in [-0.1, -0.05) is 24.3 Å². The van der Waals surface area contributed by atoms with E-state index in [9.17, 15) is 32.5 Å². The third kappa shape index (κ3) is 6.58. The maximum Gasteiger partial charge on any atom is 0.276 e. The summed E-state index contributed by atoms with van der Waals surface area (Å²) in [5, 5.41) is 24.1. The smallest absolute Gasteiger partial charge is 0.276 e. The summed E-state index contributed by atoms with van der Waals surface area (Å²) in [6.07, 6.45) is 0. The zero-order chi connectivity index (χ0) is 23.0. The number of nitro groups is 1. The first-order chi connectivity index (χ1) is 14.6. The van der Waals surface area contributed by atoms with Gasteiger partial charge in [0.05, 0.1) is 28.1 Å². The first-order valence-corrected chi connectivity index (χ1v) is 10.6. The van der Waals surface area contributed by atoms with Gasteiger partial charge in [-0.3, -0.25) is 19.7 Å². The Morgan fingerprint density at radius 2 is 1.84 bits per heavy atom. The Morgan fingerprint density at radius 1 is 1.16 bits per heavy atom. The summed E-state index contributed by atoms with van der Waals surface area (Å²) in [6.45, 7) is -0.435. The third-order valence-electron chi connectivity index (χ3n) is 4.08. The number of halogens is 1. The van der Waals surface area contributed by atoms with Crippen LogP contribution in [0.3, 0.4) is 0 Å². The molecule has 0 aliphatic carbocycles. The minimum Gasteiger partial charge on any atom is -0.341 e. The molecule has 0 aliphatic heterocycles. The maximum atomic E-state index is 14.1. The summed E-state index contributed by atoms with van der Waals surface area (Å²) in [5.74, 6) is -4.80. The van der Waals surface area contributed by atoms with Crippen LogP contribution >= 0.6 is 0 Å². The van der Waals surface area contributed by atoms with Gasteiger partial charge < -0.3 is 10.6 Å². The Bertz CT molecular complexity index is 1130. The summed E-state index contributed by atoms with van der Waals surface area (Å²) in [6, 6.07) is 10.6. The van der Waals surface area contributed by atoms with Crippen LogP contribution in [0.15, 0.2) is 48.5 Å². The number of carbonyl (C=O) groups excluding carboxylic acids is 2. The average Bonchev–Trinajstić information content (AvgIpc) is 2.73. The SMILES string of the molecule is N#CCNC(=O)[C@H](CS(=O)(=O)Cc1c(F)cccc1[N+](=O)[O-])NC(=O)c1ccccc1. The molecule has 1 atom stereocenters. The standard InChI is InChI=1S/C19H17FN4O6S/c20-15-7-4-8-17(24(27)28)14(15)11-31(29,30)12-16(19(26)22-10-9-21)23-18(25)13-5-2-1-3-6-13/h1-8,16H,10-12H2,(H,22,26)(H,23,25)/t16-/m0/s1. The van der Waals surface area contributed by atoms with E-state index >= 15 is 0 Å². The van der Waals surface area contributed by atoms with Crippen LogP contribution in [-0.2, 0) is 20.4 Å². The molecule has 10 nitrogen and oxygen atoms in total. The maximum absolute atomic E-state index is 14.1. The summed E-state index contributed by atoms with van der Waals surface area (Å²) >= 11 is 0. The van der Waals surface area contributed by atoms with Gasteiger partial charge in [-0.05, 0) is 18.2 Å². The largest absolute Gasteiger partial charge is 0.341 e. The van der Waals surface area contributed by atoms with E-state index in [1.807, 2.05) is 0 Å². The van der Waals surface area contributed by atoms with Crippen molar-refractivity contribution >= 4 is 27.3 Å². The molecule has 2 aromatic carbocycles. The molecule has 0 unspecified atom stereocenters. The number of hydrogen-bond donors (Lipinski definition) is 2. The molecule has 0 spiro atoms. The number of sulfone groups is 1. The number of rotatable bonds is 9. The Morgan fingerprint density at radius 3 is 2.45 bits per heavy atom. The molecule has 0 fully saturated rings. The van der Waals surface area contributed by atoms with Crippen molar-refractivity contribution in [2.24, 2.45) is 0 Å². The van der Waals surface area contributed by atoms with E-state index in [1.54, 1.807) is 24.3 Å². The summed E-state index contributed by atoms with van der Waals surface area (Å²) in [7, 11) is -4.31. The molecule has 0 heterocycles. The van der Waals surface area contributed by atoms with Crippen LogP contribution in [0, 0.1) is 27.3 Å². The lowest BCUT2D eigenvalue weighted by Crippen LogP contribution is -2.50. The van der Waals surface area contributed by atoms with E-state index in [-0.39, 0.29) is 5.56 Å². The van der Waals surface area contributed by atoms with Crippen LogP contribution in [0.5, 0.6) is 0 Å². The van der Waals surface area contributed by atoms with Crippen molar-refractivity contribution < 1.29 is 27.3 Å². The number of nitrogens with one attached hydrogen (secondary N) is 2. The van der Waals surface area contributed by atoms with Crippen LogP contribution in [0.25, 0.3) is 0 Å². The van der Waals surface area contributed by atoms with E-state index in [0.29, 0.717) is 0 Å². The molecule has 162 valence electrons. The van der Waals surface area contributed by atoms with Crippen LogP contribution in [-0.4, -0.2) is 43.5 Å². The number of nitro benzene ring substituents is 1. The summed E-state index contributed by atoms with van der Waals surface area (Å²) in [5.41, 5.74) is -1.22. The van der Waals surface area contributed by atoms with Crippen molar-refractivity contribution in [1.29, 1.82) is 5.26 Å². The molecule has 0 aliphatic rings. The first-order valence-electron chi connectivity index (χ1n) is 8.77. The van der Waals surface area contributed by atoms with E-state index in [4.69, 9.17) is 5.26 Å². The fourth-order valence-electron chi connectivity index (χ4n) is 2.66.